The first-order valence-electron chi connectivity index (χ1n) is 9.74. The molecule has 2 aliphatic rings. The van der Waals surface area contributed by atoms with E-state index in [2.05, 4.69) is 27.2 Å². The highest BCUT2D eigenvalue weighted by Crippen LogP contribution is 2.22. The van der Waals surface area contributed by atoms with Crippen LogP contribution >= 0.6 is 24.0 Å². The molecule has 0 radical (unpaired) electrons. The SMILES string of the molecule is CN=C(NCC(c1ccc(F)cc1)N1CCOCC1)N(C)CC1CCOC1.I. The summed E-state index contributed by atoms with van der Waals surface area (Å²) in [6.45, 7) is 6.53. The van der Waals surface area contributed by atoms with E-state index in [1.54, 1.807) is 0 Å². The van der Waals surface area contributed by atoms with Gasteiger partial charge in [0.15, 0.2) is 5.96 Å². The number of hydrogen-bond acceptors (Lipinski definition) is 4. The van der Waals surface area contributed by atoms with E-state index in [1.807, 2.05) is 19.2 Å². The molecule has 0 bridgehead atoms. The smallest absolute Gasteiger partial charge is 0.193 e. The van der Waals surface area contributed by atoms with E-state index in [0.29, 0.717) is 12.5 Å². The van der Waals surface area contributed by atoms with E-state index in [-0.39, 0.29) is 35.8 Å². The van der Waals surface area contributed by atoms with Gasteiger partial charge in [0, 0.05) is 52.8 Å². The van der Waals surface area contributed by atoms with Crippen LogP contribution in [-0.2, 0) is 9.47 Å². The highest BCUT2D eigenvalue weighted by molar-refractivity contribution is 14.0. The van der Waals surface area contributed by atoms with Gasteiger partial charge in [-0.05, 0) is 24.1 Å². The second-order valence-electron chi connectivity index (χ2n) is 7.25. The van der Waals surface area contributed by atoms with E-state index in [0.717, 1.165) is 64.0 Å². The van der Waals surface area contributed by atoms with Gasteiger partial charge in [-0.15, -0.1) is 24.0 Å². The van der Waals surface area contributed by atoms with Crippen LogP contribution in [0, 0.1) is 11.7 Å². The number of ether oxygens (including phenoxy) is 2. The molecule has 1 aromatic carbocycles. The Morgan fingerprint density at radius 3 is 2.57 bits per heavy atom. The third kappa shape index (κ3) is 6.53. The number of benzene rings is 1. The predicted molar refractivity (Wildman–Crippen MR) is 120 cm³/mol. The van der Waals surface area contributed by atoms with E-state index in [1.165, 1.54) is 12.1 Å². The van der Waals surface area contributed by atoms with Crippen molar-refractivity contribution in [2.75, 3.05) is 66.7 Å². The molecule has 0 spiro atoms. The molecule has 2 fully saturated rings. The van der Waals surface area contributed by atoms with Crippen molar-refractivity contribution in [3.63, 3.8) is 0 Å². The second-order valence-corrected chi connectivity index (χ2v) is 7.25. The Labute approximate surface area is 184 Å². The fraction of sp³-hybridized carbons (Fsp3) is 0.650. The first kappa shape index (κ1) is 23.3. The third-order valence-electron chi connectivity index (χ3n) is 5.32. The minimum absolute atomic E-state index is 0. The Morgan fingerprint density at radius 2 is 1.96 bits per heavy atom. The number of aliphatic imine (C=N–C) groups is 1. The molecule has 2 unspecified atom stereocenters. The molecule has 2 atom stereocenters. The van der Waals surface area contributed by atoms with Crippen molar-refractivity contribution >= 4 is 29.9 Å². The van der Waals surface area contributed by atoms with Gasteiger partial charge in [0.05, 0.1) is 25.9 Å². The Kier molecular flexibility index (Phi) is 9.90. The van der Waals surface area contributed by atoms with Crippen molar-refractivity contribution in [3.8, 4) is 0 Å². The molecule has 1 aromatic rings. The summed E-state index contributed by atoms with van der Waals surface area (Å²) in [5, 5.41) is 3.51. The molecule has 158 valence electrons. The highest BCUT2D eigenvalue weighted by Gasteiger charge is 2.24. The lowest BCUT2D eigenvalue weighted by Crippen LogP contribution is -2.47. The van der Waals surface area contributed by atoms with Crippen molar-refractivity contribution < 1.29 is 13.9 Å². The highest BCUT2D eigenvalue weighted by atomic mass is 127. The van der Waals surface area contributed by atoms with Crippen molar-refractivity contribution in [3.05, 3.63) is 35.6 Å². The number of halogens is 2. The Morgan fingerprint density at radius 1 is 1.25 bits per heavy atom. The monoisotopic (exact) mass is 506 g/mol. The Hall–Kier alpha value is -0.970. The van der Waals surface area contributed by atoms with Crippen molar-refractivity contribution in [2.24, 2.45) is 10.9 Å². The zero-order valence-electron chi connectivity index (χ0n) is 16.8. The number of rotatable bonds is 6. The predicted octanol–water partition coefficient (Wildman–Crippen LogP) is 2.36. The number of morpholine rings is 1. The van der Waals surface area contributed by atoms with Crippen LogP contribution in [0.3, 0.4) is 0 Å². The molecule has 3 rings (SSSR count). The van der Waals surface area contributed by atoms with E-state index in [4.69, 9.17) is 9.47 Å². The second kappa shape index (κ2) is 11.9. The molecular weight excluding hydrogens is 474 g/mol. The van der Waals surface area contributed by atoms with E-state index in [9.17, 15) is 4.39 Å². The molecule has 0 aliphatic carbocycles. The van der Waals surface area contributed by atoms with Gasteiger partial charge in [0.25, 0.3) is 0 Å². The van der Waals surface area contributed by atoms with Crippen LogP contribution in [0.5, 0.6) is 0 Å². The fourth-order valence-corrected chi connectivity index (χ4v) is 3.81. The van der Waals surface area contributed by atoms with Crippen LogP contribution in [0.4, 0.5) is 4.39 Å². The summed E-state index contributed by atoms with van der Waals surface area (Å²) in [5.41, 5.74) is 1.10. The van der Waals surface area contributed by atoms with Gasteiger partial charge in [0.2, 0.25) is 0 Å². The molecule has 0 saturated carbocycles. The van der Waals surface area contributed by atoms with Gasteiger partial charge in [-0.25, -0.2) is 4.39 Å². The number of nitrogens with one attached hydrogen (secondary N) is 1. The largest absolute Gasteiger partial charge is 0.381 e. The molecule has 2 saturated heterocycles. The van der Waals surface area contributed by atoms with Gasteiger partial charge in [-0.2, -0.15) is 0 Å². The van der Waals surface area contributed by atoms with Crippen LogP contribution in [0.15, 0.2) is 29.3 Å². The Balaban J connectivity index is 0.00000280. The lowest BCUT2D eigenvalue weighted by molar-refractivity contribution is 0.0169. The summed E-state index contributed by atoms with van der Waals surface area (Å²) in [6, 6.07) is 6.96. The third-order valence-corrected chi connectivity index (χ3v) is 5.32. The van der Waals surface area contributed by atoms with E-state index >= 15 is 0 Å². The van der Waals surface area contributed by atoms with E-state index < -0.39 is 0 Å². The standard InChI is InChI=1S/C20H31FN4O2.HI/c1-22-20(24(2)14-16-7-10-27-15-16)23-13-19(25-8-11-26-12-9-25)17-3-5-18(21)6-4-17;/h3-6,16,19H,7-15H2,1-2H3,(H,22,23);1H. The summed E-state index contributed by atoms with van der Waals surface area (Å²) in [4.78, 5) is 9.00. The van der Waals surface area contributed by atoms with Crippen molar-refractivity contribution in [1.29, 1.82) is 0 Å². The molecule has 2 aliphatic heterocycles. The maximum atomic E-state index is 13.4. The fourth-order valence-electron chi connectivity index (χ4n) is 3.81. The number of hydrogen-bond donors (Lipinski definition) is 1. The minimum Gasteiger partial charge on any atom is -0.381 e. The molecule has 0 aromatic heterocycles. The van der Waals surface area contributed by atoms with Crippen LogP contribution < -0.4 is 5.32 Å². The first-order valence-corrected chi connectivity index (χ1v) is 9.74. The average molecular weight is 506 g/mol. The topological polar surface area (TPSA) is 49.3 Å². The van der Waals surface area contributed by atoms with Crippen molar-refractivity contribution in [2.45, 2.75) is 12.5 Å². The molecule has 2 heterocycles. The zero-order valence-corrected chi connectivity index (χ0v) is 19.1. The van der Waals surface area contributed by atoms with Gasteiger partial charge in [-0.1, -0.05) is 12.1 Å². The lowest BCUT2D eigenvalue weighted by Gasteiger charge is -2.36. The van der Waals surface area contributed by atoms with Crippen LogP contribution in [0.2, 0.25) is 0 Å². The van der Waals surface area contributed by atoms with Gasteiger partial charge in [-0.3, -0.25) is 9.89 Å². The first-order chi connectivity index (χ1) is 13.2. The van der Waals surface area contributed by atoms with Crippen LogP contribution in [-0.4, -0.2) is 82.5 Å². The summed E-state index contributed by atoms with van der Waals surface area (Å²) in [7, 11) is 3.88. The summed E-state index contributed by atoms with van der Waals surface area (Å²) in [5.74, 6) is 1.23. The van der Waals surface area contributed by atoms with Gasteiger partial charge >= 0.3 is 0 Å². The Bertz CT molecular complexity index is 605. The number of guanidine groups is 1. The minimum atomic E-state index is -0.207. The molecule has 6 nitrogen and oxygen atoms in total. The maximum Gasteiger partial charge on any atom is 0.193 e. The molecule has 28 heavy (non-hydrogen) atoms. The lowest BCUT2D eigenvalue weighted by atomic mass is 10.0. The quantitative estimate of drug-likeness (QED) is 0.365. The zero-order chi connectivity index (χ0) is 19.1. The van der Waals surface area contributed by atoms with Gasteiger partial charge < -0.3 is 19.7 Å². The van der Waals surface area contributed by atoms with Gasteiger partial charge in [0.1, 0.15) is 5.82 Å². The summed E-state index contributed by atoms with van der Waals surface area (Å²) >= 11 is 0. The maximum absolute atomic E-state index is 13.4. The molecule has 1 N–H and O–H groups in total. The summed E-state index contributed by atoms with van der Waals surface area (Å²) in [6.07, 6.45) is 1.10. The molecule has 0 amide bonds. The summed E-state index contributed by atoms with van der Waals surface area (Å²) < 4.78 is 24.4. The van der Waals surface area contributed by atoms with Crippen LogP contribution in [0.25, 0.3) is 0 Å². The molecule has 8 heteroatoms. The number of nitrogens with zero attached hydrogens (tertiary/aromatic N) is 3. The van der Waals surface area contributed by atoms with Crippen molar-refractivity contribution in [1.82, 2.24) is 15.1 Å². The normalized spacial score (nSPS) is 21.8. The average Bonchev–Trinajstić information content (AvgIpc) is 3.20. The van der Waals surface area contributed by atoms with Crippen LogP contribution in [0.1, 0.15) is 18.0 Å². The molecular formula is C20H32FIN4O2.